The summed E-state index contributed by atoms with van der Waals surface area (Å²) in [5.74, 6) is -0.106. The van der Waals surface area contributed by atoms with E-state index in [2.05, 4.69) is 5.32 Å². The van der Waals surface area contributed by atoms with Crippen molar-refractivity contribution in [2.24, 2.45) is 0 Å². The SMILES string of the molecule is CC(=O)Nc1cc(Cl)ccc1-c1ccc(C)cc1. The van der Waals surface area contributed by atoms with Gasteiger partial charge >= 0.3 is 0 Å². The Morgan fingerprint density at radius 3 is 2.39 bits per heavy atom. The highest BCUT2D eigenvalue weighted by Gasteiger charge is 2.07. The third-order valence-electron chi connectivity index (χ3n) is 2.65. The van der Waals surface area contributed by atoms with Gasteiger partial charge in [-0.1, -0.05) is 47.5 Å². The molecule has 0 unspecified atom stereocenters. The number of rotatable bonds is 2. The number of aryl methyl sites for hydroxylation is 1. The Labute approximate surface area is 112 Å². The molecule has 2 rings (SSSR count). The molecule has 0 atom stereocenters. The molecule has 92 valence electrons. The van der Waals surface area contributed by atoms with Crippen LogP contribution in [0.25, 0.3) is 11.1 Å². The van der Waals surface area contributed by atoms with Crippen LogP contribution in [0.15, 0.2) is 42.5 Å². The van der Waals surface area contributed by atoms with E-state index in [9.17, 15) is 4.79 Å². The van der Waals surface area contributed by atoms with E-state index in [-0.39, 0.29) is 5.91 Å². The first-order valence-electron chi connectivity index (χ1n) is 5.70. The van der Waals surface area contributed by atoms with E-state index < -0.39 is 0 Å². The van der Waals surface area contributed by atoms with Gasteiger partial charge in [0.1, 0.15) is 0 Å². The third kappa shape index (κ3) is 2.90. The van der Waals surface area contributed by atoms with Crippen LogP contribution in [0.2, 0.25) is 5.02 Å². The van der Waals surface area contributed by atoms with Crippen LogP contribution >= 0.6 is 11.6 Å². The van der Waals surface area contributed by atoms with E-state index >= 15 is 0 Å². The molecule has 2 nitrogen and oxygen atoms in total. The Kier molecular flexibility index (Phi) is 3.68. The zero-order valence-corrected chi connectivity index (χ0v) is 11.1. The second-order valence-electron chi connectivity index (χ2n) is 4.24. The lowest BCUT2D eigenvalue weighted by molar-refractivity contribution is -0.114. The van der Waals surface area contributed by atoms with Crippen LogP contribution in [0.5, 0.6) is 0 Å². The van der Waals surface area contributed by atoms with E-state index in [0.717, 1.165) is 16.8 Å². The molecule has 0 fully saturated rings. The number of benzene rings is 2. The van der Waals surface area contributed by atoms with Gasteiger partial charge in [-0.2, -0.15) is 0 Å². The van der Waals surface area contributed by atoms with E-state index in [1.54, 1.807) is 6.07 Å². The summed E-state index contributed by atoms with van der Waals surface area (Å²) < 4.78 is 0. The molecule has 0 aliphatic heterocycles. The van der Waals surface area contributed by atoms with Gasteiger partial charge in [0.15, 0.2) is 0 Å². The molecule has 18 heavy (non-hydrogen) atoms. The van der Waals surface area contributed by atoms with Crippen molar-refractivity contribution < 1.29 is 4.79 Å². The third-order valence-corrected chi connectivity index (χ3v) is 2.89. The minimum atomic E-state index is -0.106. The quantitative estimate of drug-likeness (QED) is 0.857. The fraction of sp³-hybridized carbons (Fsp3) is 0.133. The molecule has 0 aliphatic rings. The maximum atomic E-state index is 11.2. The molecule has 0 aliphatic carbocycles. The molecule has 1 N–H and O–H groups in total. The summed E-state index contributed by atoms with van der Waals surface area (Å²) in [5.41, 5.74) is 3.96. The highest BCUT2D eigenvalue weighted by Crippen LogP contribution is 2.30. The number of amides is 1. The zero-order valence-electron chi connectivity index (χ0n) is 10.3. The predicted octanol–water partition coefficient (Wildman–Crippen LogP) is 4.27. The van der Waals surface area contributed by atoms with Crippen LogP contribution in [0.3, 0.4) is 0 Å². The second kappa shape index (κ2) is 5.23. The number of carbonyl (C=O) groups is 1. The highest BCUT2D eigenvalue weighted by molar-refractivity contribution is 6.31. The minimum Gasteiger partial charge on any atom is -0.326 e. The van der Waals surface area contributed by atoms with Gasteiger partial charge in [-0.3, -0.25) is 4.79 Å². The van der Waals surface area contributed by atoms with E-state index in [1.807, 2.05) is 43.3 Å². The molecule has 0 saturated carbocycles. The molecule has 1 amide bonds. The summed E-state index contributed by atoms with van der Waals surface area (Å²) >= 11 is 5.96. The average Bonchev–Trinajstić information content (AvgIpc) is 2.30. The smallest absolute Gasteiger partial charge is 0.221 e. The lowest BCUT2D eigenvalue weighted by Gasteiger charge is -2.11. The molecule has 2 aromatic rings. The first-order chi connectivity index (χ1) is 8.56. The van der Waals surface area contributed by atoms with Crippen molar-refractivity contribution in [2.45, 2.75) is 13.8 Å². The number of nitrogens with one attached hydrogen (secondary N) is 1. The summed E-state index contributed by atoms with van der Waals surface area (Å²) in [7, 11) is 0. The summed E-state index contributed by atoms with van der Waals surface area (Å²) in [6, 6.07) is 13.6. The van der Waals surface area contributed by atoms with Crippen LogP contribution in [-0.4, -0.2) is 5.91 Å². The van der Waals surface area contributed by atoms with E-state index in [0.29, 0.717) is 5.02 Å². The number of anilines is 1. The van der Waals surface area contributed by atoms with Gasteiger partial charge in [0.25, 0.3) is 0 Å². The molecule has 0 bridgehead atoms. The van der Waals surface area contributed by atoms with Crippen molar-refractivity contribution in [1.29, 1.82) is 0 Å². The number of hydrogen-bond acceptors (Lipinski definition) is 1. The fourth-order valence-electron chi connectivity index (χ4n) is 1.79. The van der Waals surface area contributed by atoms with Crippen LogP contribution in [-0.2, 0) is 4.79 Å². The molecule has 0 saturated heterocycles. The minimum absolute atomic E-state index is 0.106. The Bertz CT molecular complexity index is 576. The monoisotopic (exact) mass is 259 g/mol. The largest absolute Gasteiger partial charge is 0.326 e. The van der Waals surface area contributed by atoms with Crippen LogP contribution in [0.4, 0.5) is 5.69 Å². The fourth-order valence-corrected chi connectivity index (χ4v) is 1.97. The van der Waals surface area contributed by atoms with Gasteiger partial charge in [0.2, 0.25) is 5.91 Å². The Hall–Kier alpha value is -1.80. The van der Waals surface area contributed by atoms with E-state index in [1.165, 1.54) is 12.5 Å². The second-order valence-corrected chi connectivity index (χ2v) is 4.67. The van der Waals surface area contributed by atoms with Gasteiger partial charge in [-0.15, -0.1) is 0 Å². The van der Waals surface area contributed by atoms with E-state index in [4.69, 9.17) is 11.6 Å². The van der Waals surface area contributed by atoms with Crippen LogP contribution in [0, 0.1) is 6.92 Å². The summed E-state index contributed by atoms with van der Waals surface area (Å²) in [6.45, 7) is 3.53. The lowest BCUT2D eigenvalue weighted by atomic mass is 10.0. The molecule has 2 aromatic carbocycles. The molecule has 0 aromatic heterocycles. The Morgan fingerprint density at radius 1 is 1.11 bits per heavy atom. The van der Waals surface area contributed by atoms with Gasteiger partial charge in [-0.25, -0.2) is 0 Å². The standard InChI is InChI=1S/C15H14ClNO/c1-10-3-5-12(6-4-10)14-8-7-13(16)9-15(14)17-11(2)18/h3-9H,1-2H3,(H,17,18). The maximum Gasteiger partial charge on any atom is 0.221 e. The Morgan fingerprint density at radius 2 is 1.78 bits per heavy atom. The van der Waals surface area contributed by atoms with Crippen LogP contribution in [0.1, 0.15) is 12.5 Å². The maximum absolute atomic E-state index is 11.2. The molecular weight excluding hydrogens is 246 g/mol. The van der Waals surface area contributed by atoms with Crippen molar-refractivity contribution in [3.63, 3.8) is 0 Å². The molecular formula is C15H14ClNO. The van der Waals surface area contributed by atoms with Gasteiger partial charge in [0, 0.05) is 17.5 Å². The Balaban J connectivity index is 2.49. The van der Waals surface area contributed by atoms with Gasteiger partial charge < -0.3 is 5.32 Å². The normalized spacial score (nSPS) is 10.2. The summed E-state index contributed by atoms with van der Waals surface area (Å²) in [4.78, 5) is 11.2. The van der Waals surface area contributed by atoms with Crippen molar-refractivity contribution in [2.75, 3.05) is 5.32 Å². The van der Waals surface area contributed by atoms with Gasteiger partial charge in [0.05, 0.1) is 5.69 Å². The van der Waals surface area contributed by atoms with Crippen molar-refractivity contribution in [1.82, 2.24) is 0 Å². The summed E-state index contributed by atoms with van der Waals surface area (Å²) in [6.07, 6.45) is 0. The summed E-state index contributed by atoms with van der Waals surface area (Å²) in [5, 5.41) is 3.41. The molecule has 0 heterocycles. The lowest BCUT2D eigenvalue weighted by Crippen LogP contribution is -2.06. The number of hydrogen-bond donors (Lipinski definition) is 1. The first-order valence-corrected chi connectivity index (χ1v) is 6.08. The van der Waals surface area contributed by atoms with Gasteiger partial charge in [-0.05, 0) is 24.6 Å². The predicted molar refractivity (Wildman–Crippen MR) is 75.9 cm³/mol. The number of carbonyl (C=O) groups excluding carboxylic acids is 1. The first kappa shape index (κ1) is 12.7. The average molecular weight is 260 g/mol. The van der Waals surface area contributed by atoms with Crippen molar-refractivity contribution in [3.8, 4) is 11.1 Å². The molecule has 3 heteroatoms. The van der Waals surface area contributed by atoms with Crippen LogP contribution < -0.4 is 5.32 Å². The molecule has 0 spiro atoms. The topological polar surface area (TPSA) is 29.1 Å². The zero-order chi connectivity index (χ0) is 13.1. The molecule has 0 radical (unpaired) electrons. The van der Waals surface area contributed by atoms with Crippen molar-refractivity contribution in [3.05, 3.63) is 53.1 Å². The highest BCUT2D eigenvalue weighted by atomic mass is 35.5. The van der Waals surface area contributed by atoms with Crippen molar-refractivity contribution >= 4 is 23.2 Å². The number of halogens is 1.